The Hall–Kier alpha value is -1.67. The molecule has 1 amide bonds. The van der Waals surface area contributed by atoms with Crippen LogP contribution in [0.2, 0.25) is 10.0 Å². The first-order valence-corrected chi connectivity index (χ1v) is 11.5. The molecule has 0 heterocycles. The Morgan fingerprint density at radius 3 is 2.34 bits per heavy atom. The molecule has 1 aliphatic rings. The molecule has 1 aliphatic carbocycles. The van der Waals surface area contributed by atoms with Crippen molar-refractivity contribution in [1.29, 1.82) is 0 Å². The van der Waals surface area contributed by atoms with Gasteiger partial charge in [-0.2, -0.15) is 4.31 Å². The summed E-state index contributed by atoms with van der Waals surface area (Å²) in [6.45, 7) is -0.358. The van der Waals surface area contributed by atoms with Crippen LogP contribution in [0.5, 0.6) is 0 Å². The Balaban J connectivity index is 1.85. The molecule has 0 atom stereocenters. The molecule has 3 rings (SSSR count). The van der Waals surface area contributed by atoms with E-state index in [0.29, 0.717) is 23.6 Å². The number of carbonyl (C=O) groups excluding carboxylic acids is 1. The van der Waals surface area contributed by atoms with Crippen molar-refractivity contribution in [3.63, 3.8) is 0 Å². The number of carbonyl (C=O) groups is 1. The molecule has 0 saturated heterocycles. The van der Waals surface area contributed by atoms with Gasteiger partial charge >= 0.3 is 0 Å². The average molecular weight is 459 g/mol. The number of benzene rings is 2. The molecule has 0 spiro atoms. The van der Waals surface area contributed by atoms with E-state index in [2.05, 4.69) is 5.32 Å². The van der Waals surface area contributed by atoms with Crippen LogP contribution < -0.4 is 5.32 Å². The van der Waals surface area contributed by atoms with E-state index in [-0.39, 0.29) is 22.5 Å². The molecular weight excluding hydrogens is 438 g/mol. The fourth-order valence-corrected chi connectivity index (χ4v) is 5.54. The number of hydrogen-bond donors (Lipinski definition) is 1. The third-order valence-corrected chi connectivity index (χ3v) is 7.37. The second-order valence-electron chi connectivity index (χ2n) is 6.97. The van der Waals surface area contributed by atoms with Crippen molar-refractivity contribution in [2.75, 3.05) is 11.9 Å². The minimum Gasteiger partial charge on any atom is -0.324 e. The van der Waals surface area contributed by atoms with Gasteiger partial charge in [0, 0.05) is 11.1 Å². The Bertz CT molecular complexity index is 978. The lowest BCUT2D eigenvalue weighted by Crippen LogP contribution is -2.45. The number of hydrogen-bond acceptors (Lipinski definition) is 3. The zero-order valence-corrected chi connectivity index (χ0v) is 17.9. The van der Waals surface area contributed by atoms with Crippen molar-refractivity contribution >= 4 is 44.8 Å². The number of nitrogens with one attached hydrogen (secondary N) is 1. The van der Waals surface area contributed by atoms with E-state index < -0.39 is 21.7 Å². The maximum Gasteiger partial charge on any atom is 0.243 e. The largest absolute Gasteiger partial charge is 0.324 e. The van der Waals surface area contributed by atoms with E-state index in [1.165, 1.54) is 22.5 Å². The minimum absolute atomic E-state index is 0.0400. The second kappa shape index (κ2) is 9.43. The highest BCUT2D eigenvalue weighted by Gasteiger charge is 2.34. The Labute approximate surface area is 179 Å². The number of anilines is 1. The summed E-state index contributed by atoms with van der Waals surface area (Å²) < 4.78 is 40.9. The van der Waals surface area contributed by atoms with Crippen LogP contribution in [0.1, 0.15) is 32.1 Å². The third kappa shape index (κ3) is 5.48. The van der Waals surface area contributed by atoms with Gasteiger partial charge in [0.15, 0.2) is 0 Å². The van der Waals surface area contributed by atoms with E-state index in [9.17, 15) is 17.6 Å². The molecule has 156 valence electrons. The van der Waals surface area contributed by atoms with Gasteiger partial charge in [0.1, 0.15) is 5.82 Å². The Morgan fingerprint density at radius 2 is 1.72 bits per heavy atom. The third-order valence-electron chi connectivity index (χ3n) is 4.91. The fourth-order valence-electron chi connectivity index (χ4n) is 3.44. The van der Waals surface area contributed by atoms with Gasteiger partial charge in [0.25, 0.3) is 0 Å². The predicted octanol–water partition coefficient (Wildman–Crippen LogP) is 5.09. The highest BCUT2D eigenvalue weighted by molar-refractivity contribution is 7.89. The van der Waals surface area contributed by atoms with Gasteiger partial charge in [-0.05, 0) is 55.3 Å². The molecule has 0 bridgehead atoms. The summed E-state index contributed by atoms with van der Waals surface area (Å²) in [5, 5.41) is 3.33. The summed E-state index contributed by atoms with van der Waals surface area (Å²) in [5.41, 5.74) is 0.351. The normalized spacial score (nSPS) is 15.4. The minimum atomic E-state index is -3.97. The van der Waals surface area contributed by atoms with Crippen LogP contribution in [-0.4, -0.2) is 31.2 Å². The quantitative estimate of drug-likeness (QED) is 0.654. The number of halogens is 3. The van der Waals surface area contributed by atoms with Crippen molar-refractivity contribution in [2.45, 2.75) is 43.0 Å². The van der Waals surface area contributed by atoms with E-state index in [1.54, 1.807) is 12.1 Å². The number of rotatable bonds is 6. The number of amides is 1. The molecule has 0 radical (unpaired) electrons. The Morgan fingerprint density at radius 1 is 1.07 bits per heavy atom. The molecule has 9 heteroatoms. The first-order valence-electron chi connectivity index (χ1n) is 9.29. The van der Waals surface area contributed by atoms with E-state index in [0.717, 1.165) is 31.4 Å². The van der Waals surface area contributed by atoms with Gasteiger partial charge in [-0.15, -0.1) is 0 Å². The van der Waals surface area contributed by atoms with Gasteiger partial charge in [-0.25, -0.2) is 12.8 Å². The topological polar surface area (TPSA) is 66.5 Å². The van der Waals surface area contributed by atoms with Crippen molar-refractivity contribution in [3.8, 4) is 0 Å². The first-order chi connectivity index (χ1) is 13.8. The lowest BCUT2D eigenvalue weighted by molar-refractivity contribution is -0.116. The SMILES string of the molecule is O=C(CN(C1CCCCC1)S(=O)(=O)c1ccc(F)cc1)Nc1ccc(Cl)cc1Cl. The second-order valence-corrected chi connectivity index (χ2v) is 9.70. The van der Waals surface area contributed by atoms with Crippen molar-refractivity contribution in [3.05, 3.63) is 58.3 Å². The van der Waals surface area contributed by atoms with E-state index >= 15 is 0 Å². The molecule has 2 aromatic carbocycles. The maximum absolute atomic E-state index is 13.3. The molecule has 0 aliphatic heterocycles. The summed E-state index contributed by atoms with van der Waals surface area (Å²) in [7, 11) is -3.97. The molecule has 5 nitrogen and oxygen atoms in total. The summed E-state index contributed by atoms with van der Waals surface area (Å²) in [6.07, 6.45) is 4.17. The van der Waals surface area contributed by atoms with Crippen LogP contribution in [0, 0.1) is 5.82 Å². The Kier molecular flexibility index (Phi) is 7.16. The fraction of sp³-hybridized carbons (Fsp3) is 0.350. The monoisotopic (exact) mass is 458 g/mol. The zero-order chi connectivity index (χ0) is 21.0. The van der Waals surface area contributed by atoms with Crippen LogP contribution in [0.4, 0.5) is 10.1 Å². The van der Waals surface area contributed by atoms with Crippen molar-refractivity contribution in [1.82, 2.24) is 4.31 Å². The van der Waals surface area contributed by atoms with Crippen LogP contribution in [-0.2, 0) is 14.8 Å². The summed E-state index contributed by atoms with van der Waals surface area (Å²) in [4.78, 5) is 12.6. The molecular formula is C20H21Cl2FN2O3S. The highest BCUT2D eigenvalue weighted by atomic mass is 35.5. The summed E-state index contributed by atoms with van der Waals surface area (Å²) in [5.74, 6) is -1.03. The van der Waals surface area contributed by atoms with Crippen LogP contribution in [0.15, 0.2) is 47.4 Å². The maximum atomic E-state index is 13.3. The molecule has 1 fully saturated rings. The van der Waals surface area contributed by atoms with Gasteiger partial charge in [0.2, 0.25) is 15.9 Å². The predicted molar refractivity (Wildman–Crippen MR) is 112 cm³/mol. The molecule has 0 unspecified atom stereocenters. The van der Waals surface area contributed by atoms with Crippen LogP contribution in [0.25, 0.3) is 0 Å². The lowest BCUT2D eigenvalue weighted by Gasteiger charge is -2.33. The molecule has 29 heavy (non-hydrogen) atoms. The molecule has 1 saturated carbocycles. The van der Waals surface area contributed by atoms with Gasteiger partial charge in [0.05, 0.1) is 22.2 Å². The van der Waals surface area contributed by atoms with Crippen LogP contribution in [0.3, 0.4) is 0 Å². The lowest BCUT2D eigenvalue weighted by atomic mass is 9.95. The summed E-state index contributed by atoms with van der Waals surface area (Å²) in [6, 6.07) is 8.97. The van der Waals surface area contributed by atoms with Crippen molar-refractivity contribution in [2.24, 2.45) is 0 Å². The number of sulfonamides is 1. The molecule has 2 aromatic rings. The van der Waals surface area contributed by atoms with E-state index in [4.69, 9.17) is 23.2 Å². The van der Waals surface area contributed by atoms with Crippen LogP contribution >= 0.6 is 23.2 Å². The van der Waals surface area contributed by atoms with Gasteiger partial charge in [-0.1, -0.05) is 42.5 Å². The van der Waals surface area contributed by atoms with Gasteiger partial charge in [-0.3, -0.25) is 4.79 Å². The highest BCUT2D eigenvalue weighted by Crippen LogP contribution is 2.29. The zero-order valence-electron chi connectivity index (χ0n) is 15.6. The smallest absolute Gasteiger partial charge is 0.243 e. The first kappa shape index (κ1) is 22.0. The van der Waals surface area contributed by atoms with E-state index in [1.807, 2.05) is 0 Å². The molecule has 0 aromatic heterocycles. The molecule has 1 N–H and O–H groups in total. The average Bonchev–Trinajstić information content (AvgIpc) is 2.69. The summed E-state index contributed by atoms with van der Waals surface area (Å²) >= 11 is 12.0. The number of nitrogens with zero attached hydrogens (tertiary/aromatic N) is 1. The van der Waals surface area contributed by atoms with Gasteiger partial charge < -0.3 is 5.32 Å². The van der Waals surface area contributed by atoms with Crippen molar-refractivity contribution < 1.29 is 17.6 Å². The standard InChI is InChI=1S/C20H21Cl2FN2O3S/c21-14-6-11-19(18(22)12-14)24-20(26)13-25(16-4-2-1-3-5-16)29(27,28)17-9-7-15(23)8-10-17/h6-12,16H,1-5,13H2,(H,24,26).